The van der Waals surface area contributed by atoms with Gasteiger partial charge in [-0.25, -0.2) is 0 Å². The SMILES string of the molecule is CC(C)CNCC1(Cc2nnn(C)n2)CCOC1. The molecule has 0 radical (unpaired) electrons. The lowest BCUT2D eigenvalue weighted by molar-refractivity contribution is 0.147. The first-order chi connectivity index (χ1) is 8.60. The van der Waals surface area contributed by atoms with Crippen molar-refractivity contribution < 1.29 is 4.74 Å². The fraction of sp³-hybridized carbons (Fsp3) is 0.917. The quantitative estimate of drug-likeness (QED) is 0.795. The smallest absolute Gasteiger partial charge is 0.175 e. The molecule has 1 atom stereocenters. The van der Waals surface area contributed by atoms with Crippen LogP contribution in [0, 0.1) is 11.3 Å². The predicted molar refractivity (Wildman–Crippen MR) is 68.1 cm³/mol. The van der Waals surface area contributed by atoms with Crippen LogP contribution in [0.1, 0.15) is 26.1 Å². The Morgan fingerprint density at radius 2 is 2.33 bits per heavy atom. The Labute approximate surface area is 108 Å². The molecule has 1 aromatic rings. The maximum atomic E-state index is 5.57. The van der Waals surface area contributed by atoms with E-state index in [0.717, 1.165) is 45.0 Å². The van der Waals surface area contributed by atoms with Crippen LogP contribution < -0.4 is 5.32 Å². The molecular formula is C12H23N5O. The van der Waals surface area contributed by atoms with Gasteiger partial charge in [0.05, 0.1) is 13.7 Å². The van der Waals surface area contributed by atoms with Crippen molar-refractivity contribution in [1.82, 2.24) is 25.5 Å². The number of ether oxygens (including phenoxy) is 1. The van der Waals surface area contributed by atoms with Crippen molar-refractivity contribution in [2.75, 3.05) is 26.3 Å². The van der Waals surface area contributed by atoms with E-state index in [4.69, 9.17) is 4.74 Å². The Balaban J connectivity index is 1.93. The van der Waals surface area contributed by atoms with Gasteiger partial charge >= 0.3 is 0 Å². The first-order valence-electron chi connectivity index (χ1n) is 6.61. The Hall–Kier alpha value is -1.01. The third kappa shape index (κ3) is 3.49. The van der Waals surface area contributed by atoms with E-state index in [9.17, 15) is 0 Å². The van der Waals surface area contributed by atoms with Gasteiger partial charge in [-0.2, -0.15) is 4.80 Å². The number of tetrazole rings is 1. The standard InChI is InChI=1S/C12H23N5O/c1-10(2)7-13-8-12(4-5-18-9-12)6-11-14-16-17(3)15-11/h10,13H,4-9H2,1-3H3. The minimum atomic E-state index is 0.137. The topological polar surface area (TPSA) is 64.9 Å². The van der Waals surface area contributed by atoms with Crippen molar-refractivity contribution in [1.29, 1.82) is 0 Å². The van der Waals surface area contributed by atoms with Crippen LogP contribution in [0.2, 0.25) is 0 Å². The monoisotopic (exact) mass is 253 g/mol. The van der Waals surface area contributed by atoms with Gasteiger partial charge in [0, 0.05) is 25.0 Å². The normalized spacial score (nSPS) is 24.0. The Morgan fingerprint density at radius 3 is 2.89 bits per heavy atom. The van der Waals surface area contributed by atoms with Gasteiger partial charge in [0.15, 0.2) is 5.82 Å². The highest BCUT2D eigenvalue weighted by molar-refractivity contribution is 4.94. The van der Waals surface area contributed by atoms with Gasteiger partial charge in [-0.05, 0) is 24.1 Å². The highest BCUT2D eigenvalue weighted by Crippen LogP contribution is 2.31. The maximum absolute atomic E-state index is 5.57. The second kappa shape index (κ2) is 5.75. The first kappa shape index (κ1) is 13.4. The third-order valence-electron chi connectivity index (χ3n) is 3.32. The summed E-state index contributed by atoms with van der Waals surface area (Å²) in [6, 6.07) is 0. The zero-order chi connectivity index (χ0) is 13.0. The lowest BCUT2D eigenvalue weighted by atomic mass is 9.83. The largest absolute Gasteiger partial charge is 0.381 e. The van der Waals surface area contributed by atoms with Gasteiger partial charge in [-0.1, -0.05) is 13.8 Å². The summed E-state index contributed by atoms with van der Waals surface area (Å²) in [6.45, 7) is 8.06. The molecule has 1 aromatic heterocycles. The van der Waals surface area contributed by atoms with Crippen LogP contribution in [0.4, 0.5) is 0 Å². The number of aromatic nitrogens is 4. The molecule has 1 fully saturated rings. The van der Waals surface area contributed by atoms with Crippen molar-refractivity contribution in [3.63, 3.8) is 0 Å². The molecule has 1 aliphatic heterocycles. The van der Waals surface area contributed by atoms with Crippen LogP contribution >= 0.6 is 0 Å². The molecule has 6 nitrogen and oxygen atoms in total. The average Bonchev–Trinajstić information content (AvgIpc) is 2.89. The number of aryl methyl sites for hydroxylation is 1. The molecule has 102 valence electrons. The molecule has 1 unspecified atom stereocenters. The zero-order valence-electron chi connectivity index (χ0n) is 11.5. The van der Waals surface area contributed by atoms with E-state index in [0.29, 0.717) is 5.92 Å². The zero-order valence-corrected chi connectivity index (χ0v) is 11.5. The second-order valence-corrected chi connectivity index (χ2v) is 5.70. The Morgan fingerprint density at radius 1 is 1.50 bits per heavy atom. The van der Waals surface area contributed by atoms with Crippen molar-refractivity contribution in [3.8, 4) is 0 Å². The third-order valence-corrected chi connectivity index (χ3v) is 3.32. The molecule has 6 heteroatoms. The molecule has 0 aromatic carbocycles. The molecule has 1 saturated heterocycles. The van der Waals surface area contributed by atoms with Crippen molar-refractivity contribution in [2.45, 2.75) is 26.7 Å². The maximum Gasteiger partial charge on any atom is 0.175 e. The van der Waals surface area contributed by atoms with Crippen LogP contribution in [0.5, 0.6) is 0 Å². The Bertz CT molecular complexity index is 370. The van der Waals surface area contributed by atoms with Gasteiger partial charge < -0.3 is 10.1 Å². The van der Waals surface area contributed by atoms with E-state index in [1.165, 1.54) is 4.80 Å². The molecule has 0 aliphatic carbocycles. The van der Waals surface area contributed by atoms with Gasteiger partial charge in [0.2, 0.25) is 0 Å². The Kier molecular flexibility index (Phi) is 4.29. The summed E-state index contributed by atoms with van der Waals surface area (Å²) in [5.74, 6) is 1.48. The van der Waals surface area contributed by atoms with Crippen LogP contribution in [0.25, 0.3) is 0 Å². The van der Waals surface area contributed by atoms with E-state index in [2.05, 4.69) is 34.6 Å². The lowest BCUT2D eigenvalue weighted by Gasteiger charge is -2.26. The van der Waals surface area contributed by atoms with Crippen molar-refractivity contribution in [3.05, 3.63) is 5.82 Å². The summed E-state index contributed by atoms with van der Waals surface area (Å²) < 4.78 is 5.57. The lowest BCUT2D eigenvalue weighted by Crippen LogP contribution is -2.38. The minimum absolute atomic E-state index is 0.137. The fourth-order valence-electron chi connectivity index (χ4n) is 2.35. The van der Waals surface area contributed by atoms with E-state index < -0.39 is 0 Å². The predicted octanol–water partition coefficient (Wildman–Crippen LogP) is 0.405. The summed E-state index contributed by atoms with van der Waals surface area (Å²) >= 11 is 0. The number of hydrogen-bond acceptors (Lipinski definition) is 5. The second-order valence-electron chi connectivity index (χ2n) is 5.70. The minimum Gasteiger partial charge on any atom is -0.381 e. The van der Waals surface area contributed by atoms with Crippen LogP contribution in [-0.2, 0) is 18.2 Å². The first-order valence-corrected chi connectivity index (χ1v) is 6.61. The van der Waals surface area contributed by atoms with Gasteiger partial charge in [-0.3, -0.25) is 0 Å². The highest BCUT2D eigenvalue weighted by Gasteiger charge is 2.36. The van der Waals surface area contributed by atoms with Crippen molar-refractivity contribution in [2.24, 2.45) is 18.4 Å². The van der Waals surface area contributed by atoms with Gasteiger partial charge in [0.1, 0.15) is 0 Å². The molecule has 18 heavy (non-hydrogen) atoms. The number of hydrogen-bond donors (Lipinski definition) is 1. The summed E-state index contributed by atoms with van der Waals surface area (Å²) in [6.07, 6.45) is 1.91. The van der Waals surface area contributed by atoms with E-state index in [-0.39, 0.29) is 5.41 Å². The van der Waals surface area contributed by atoms with Crippen LogP contribution in [-0.4, -0.2) is 46.5 Å². The molecule has 0 amide bonds. The molecule has 2 rings (SSSR count). The number of nitrogens with one attached hydrogen (secondary N) is 1. The molecule has 1 aliphatic rings. The molecule has 1 N–H and O–H groups in total. The van der Waals surface area contributed by atoms with Gasteiger partial charge in [0.25, 0.3) is 0 Å². The highest BCUT2D eigenvalue weighted by atomic mass is 16.5. The van der Waals surface area contributed by atoms with E-state index in [1.807, 2.05) is 0 Å². The summed E-state index contributed by atoms with van der Waals surface area (Å²) in [5.41, 5.74) is 0.137. The average molecular weight is 253 g/mol. The van der Waals surface area contributed by atoms with E-state index >= 15 is 0 Å². The van der Waals surface area contributed by atoms with Crippen LogP contribution in [0.15, 0.2) is 0 Å². The molecule has 0 bridgehead atoms. The summed E-state index contributed by atoms with van der Waals surface area (Å²) in [4.78, 5) is 1.51. The van der Waals surface area contributed by atoms with E-state index in [1.54, 1.807) is 7.05 Å². The van der Waals surface area contributed by atoms with Crippen LogP contribution in [0.3, 0.4) is 0 Å². The number of nitrogens with zero attached hydrogens (tertiary/aromatic N) is 4. The van der Waals surface area contributed by atoms with Crippen molar-refractivity contribution >= 4 is 0 Å². The molecule has 0 spiro atoms. The fourth-order valence-corrected chi connectivity index (χ4v) is 2.35. The summed E-state index contributed by atoms with van der Waals surface area (Å²) in [7, 11) is 1.80. The van der Waals surface area contributed by atoms with Gasteiger partial charge in [-0.15, -0.1) is 10.2 Å². The molecular weight excluding hydrogens is 230 g/mol. The summed E-state index contributed by atoms with van der Waals surface area (Å²) in [5, 5.41) is 15.8. The molecule has 2 heterocycles. The number of rotatable bonds is 6. The molecule has 0 saturated carbocycles.